The van der Waals surface area contributed by atoms with Crippen LogP contribution in [0.1, 0.15) is 44.0 Å². The van der Waals surface area contributed by atoms with E-state index in [0.29, 0.717) is 48.5 Å². The Morgan fingerprint density at radius 2 is 1.83 bits per heavy atom. The van der Waals surface area contributed by atoms with Crippen LogP contribution in [0.3, 0.4) is 0 Å². The summed E-state index contributed by atoms with van der Waals surface area (Å²) in [5.41, 5.74) is 0.813. The topological polar surface area (TPSA) is 93.1 Å². The van der Waals surface area contributed by atoms with Crippen LogP contribution in [0, 0.1) is 5.92 Å². The van der Waals surface area contributed by atoms with E-state index in [2.05, 4.69) is 10.1 Å². The fraction of sp³-hybridized carbons (Fsp3) is 0.455. The number of carbonyl (C=O) groups excluding carboxylic acids is 1. The van der Waals surface area contributed by atoms with Gasteiger partial charge in [-0.3, -0.25) is 14.6 Å². The molecule has 4 rings (SSSR count). The minimum absolute atomic E-state index is 0.0369. The predicted molar refractivity (Wildman–Crippen MR) is 115 cm³/mol. The number of methoxy groups -OCH3 is 1. The summed E-state index contributed by atoms with van der Waals surface area (Å²) in [5.74, 6) is 1.39. The van der Waals surface area contributed by atoms with Gasteiger partial charge in [-0.2, -0.15) is 10.1 Å². The second-order valence-corrected chi connectivity index (χ2v) is 8.71. The lowest BCUT2D eigenvalue weighted by Gasteiger charge is -2.31. The molecule has 0 saturated carbocycles. The average Bonchev–Trinajstić information content (AvgIpc) is 3.19. The molecule has 1 fully saturated rings. The molecule has 1 N–H and O–H groups in total. The highest BCUT2D eigenvalue weighted by atomic mass is 16.5. The Hall–Kier alpha value is -3.16. The number of H-pyrrole nitrogens is 1. The third kappa shape index (κ3) is 3.69. The van der Waals surface area contributed by atoms with Crippen molar-refractivity contribution in [3.8, 4) is 5.75 Å². The molecule has 0 spiro atoms. The summed E-state index contributed by atoms with van der Waals surface area (Å²) in [6.45, 7) is 7.39. The Bertz CT molecular complexity index is 1120. The molecule has 8 nitrogen and oxygen atoms in total. The van der Waals surface area contributed by atoms with Crippen LogP contribution in [0.15, 0.2) is 35.3 Å². The van der Waals surface area contributed by atoms with Gasteiger partial charge in [0, 0.05) is 24.6 Å². The van der Waals surface area contributed by atoms with Crippen molar-refractivity contribution in [2.75, 3.05) is 25.1 Å². The van der Waals surface area contributed by atoms with Crippen LogP contribution in [-0.4, -0.2) is 45.7 Å². The van der Waals surface area contributed by atoms with E-state index in [-0.39, 0.29) is 22.8 Å². The molecule has 8 heteroatoms. The number of carbonyl (C=O) groups is 1. The zero-order valence-corrected chi connectivity index (χ0v) is 17.8. The molecule has 1 aromatic carbocycles. The number of anilines is 1. The van der Waals surface area contributed by atoms with E-state index < -0.39 is 0 Å². The molecule has 0 amide bonds. The molecular formula is C22H27N5O3. The number of hydrogen-bond acceptors (Lipinski definition) is 6. The number of aromatic nitrogens is 4. The molecule has 0 bridgehead atoms. The first kappa shape index (κ1) is 20.1. The SMILES string of the molecule is COc1ccc(C(=O)C2CCN(c3nc4c(cnn4C(C)(C)C)c(=O)[nH]3)CC2)cc1. The van der Waals surface area contributed by atoms with Gasteiger partial charge in [0.1, 0.15) is 11.1 Å². The number of rotatable bonds is 4. The van der Waals surface area contributed by atoms with Crippen molar-refractivity contribution >= 4 is 22.8 Å². The largest absolute Gasteiger partial charge is 0.497 e. The van der Waals surface area contributed by atoms with Gasteiger partial charge in [0.2, 0.25) is 5.95 Å². The summed E-state index contributed by atoms with van der Waals surface area (Å²) < 4.78 is 6.94. The van der Waals surface area contributed by atoms with E-state index >= 15 is 0 Å². The molecule has 1 aliphatic rings. The number of piperidine rings is 1. The normalized spacial score (nSPS) is 15.5. The summed E-state index contributed by atoms with van der Waals surface area (Å²) >= 11 is 0. The van der Waals surface area contributed by atoms with Crippen molar-refractivity contribution in [1.29, 1.82) is 0 Å². The maximum absolute atomic E-state index is 12.8. The van der Waals surface area contributed by atoms with Crippen LogP contribution in [0.4, 0.5) is 5.95 Å². The molecule has 0 aliphatic carbocycles. The molecule has 2 aromatic heterocycles. The highest BCUT2D eigenvalue weighted by Gasteiger charge is 2.28. The Balaban J connectivity index is 1.51. The number of hydrogen-bond donors (Lipinski definition) is 1. The van der Waals surface area contributed by atoms with Crippen LogP contribution in [0.2, 0.25) is 0 Å². The highest BCUT2D eigenvalue weighted by molar-refractivity contribution is 5.98. The van der Waals surface area contributed by atoms with Gasteiger partial charge in [-0.25, -0.2) is 4.68 Å². The van der Waals surface area contributed by atoms with Crippen LogP contribution in [-0.2, 0) is 5.54 Å². The van der Waals surface area contributed by atoms with Crippen LogP contribution < -0.4 is 15.2 Å². The maximum atomic E-state index is 12.8. The van der Waals surface area contributed by atoms with Crippen molar-refractivity contribution in [2.24, 2.45) is 5.92 Å². The van der Waals surface area contributed by atoms with Gasteiger partial charge in [-0.15, -0.1) is 0 Å². The van der Waals surface area contributed by atoms with Gasteiger partial charge in [-0.1, -0.05) is 0 Å². The summed E-state index contributed by atoms with van der Waals surface area (Å²) in [7, 11) is 1.61. The third-order valence-corrected chi connectivity index (χ3v) is 5.60. The minimum Gasteiger partial charge on any atom is -0.497 e. The zero-order valence-electron chi connectivity index (χ0n) is 17.8. The number of Topliss-reactive ketones (excluding diaryl/α,β-unsaturated/α-hetero) is 1. The number of nitrogens with zero attached hydrogens (tertiary/aromatic N) is 4. The average molecular weight is 409 g/mol. The third-order valence-electron chi connectivity index (χ3n) is 5.60. The van der Waals surface area contributed by atoms with Gasteiger partial charge in [0.15, 0.2) is 11.4 Å². The minimum atomic E-state index is -0.280. The van der Waals surface area contributed by atoms with E-state index in [0.717, 1.165) is 5.75 Å². The summed E-state index contributed by atoms with van der Waals surface area (Å²) in [6.07, 6.45) is 2.99. The molecule has 30 heavy (non-hydrogen) atoms. The fourth-order valence-electron chi connectivity index (χ4n) is 3.89. The van der Waals surface area contributed by atoms with Gasteiger partial charge in [-0.05, 0) is 57.9 Å². The monoisotopic (exact) mass is 409 g/mol. The van der Waals surface area contributed by atoms with E-state index in [1.807, 2.05) is 49.9 Å². The lowest BCUT2D eigenvalue weighted by molar-refractivity contribution is 0.0900. The standard InChI is InChI=1S/C22H27N5O3/c1-22(2,3)27-19-17(13-23-27)20(29)25-21(24-19)26-11-9-15(10-12-26)18(28)14-5-7-16(30-4)8-6-14/h5-8,13,15H,9-12H2,1-4H3,(H,24,25,29). The van der Waals surface area contributed by atoms with Crippen molar-refractivity contribution in [1.82, 2.24) is 19.7 Å². The number of ether oxygens (including phenoxy) is 1. The van der Waals surface area contributed by atoms with Crippen molar-refractivity contribution in [3.05, 3.63) is 46.4 Å². The summed E-state index contributed by atoms with van der Waals surface area (Å²) in [6, 6.07) is 7.25. The quantitative estimate of drug-likeness (QED) is 0.666. The number of fused-ring (bicyclic) bond motifs is 1. The van der Waals surface area contributed by atoms with Gasteiger partial charge >= 0.3 is 0 Å². The van der Waals surface area contributed by atoms with E-state index in [1.165, 1.54) is 0 Å². The molecule has 3 aromatic rings. The second kappa shape index (κ2) is 7.59. The number of benzene rings is 1. The molecule has 0 radical (unpaired) electrons. The second-order valence-electron chi connectivity index (χ2n) is 8.71. The summed E-state index contributed by atoms with van der Waals surface area (Å²) in [5, 5.41) is 4.84. The Labute approximate surface area is 174 Å². The van der Waals surface area contributed by atoms with Gasteiger partial charge in [0.05, 0.1) is 18.8 Å². The Morgan fingerprint density at radius 3 is 2.43 bits per heavy atom. The molecule has 1 aliphatic heterocycles. The molecule has 0 atom stereocenters. The first-order valence-electron chi connectivity index (χ1n) is 10.2. The smallest absolute Gasteiger partial charge is 0.263 e. The first-order chi connectivity index (χ1) is 14.3. The van der Waals surface area contributed by atoms with Gasteiger partial charge in [0.25, 0.3) is 5.56 Å². The van der Waals surface area contributed by atoms with E-state index in [1.54, 1.807) is 18.0 Å². The summed E-state index contributed by atoms with van der Waals surface area (Å²) in [4.78, 5) is 35.0. The van der Waals surface area contributed by atoms with Crippen LogP contribution in [0.25, 0.3) is 11.0 Å². The number of aromatic amines is 1. The highest BCUT2D eigenvalue weighted by Crippen LogP contribution is 2.26. The van der Waals surface area contributed by atoms with Crippen LogP contribution in [0.5, 0.6) is 5.75 Å². The fourth-order valence-corrected chi connectivity index (χ4v) is 3.89. The van der Waals surface area contributed by atoms with Crippen molar-refractivity contribution < 1.29 is 9.53 Å². The lowest BCUT2D eigenvalue weighted by atomic mass is 9.89. The predicted octanol–water partition coefficient (Wildman–Crippen LogP) is 2.98. The number of nitrogens with one attached hydrogen (secondary N) is 1. The van der Waals surface area contributed by atoms with Gasteiger partial charge < -0.3 is 9.64 Å². The zero-order chi connectivity index (χ0) is 21.5. The molecular weight excluding hydrogens is 382 g/mol. The maximum Gasteiger partial charge on any atom is 0.263 e. The lowest BCUT2D eigenvalue weighted by Crippen LogP contribution is -2.38. The van der Waals surface area contributed by atoms with Crippen molar-refractivity contribution in [2.45, 2.75) is 39.2 Å². The van der Waals surface area contributed by atoms with Crippen molar-refractivity contribution in [3.63, 3.8) is 0 Å². The molecule has 158 valence electrons. The molecule has 0 unspecified atom stereocenters. The van der Waals surface area contributed by atoms with E-state index in [9.17, 15) is 9.59 Å². The Kier molecular flexibility index (Phi) is 5.09. The molecule has 1 saturated heterocycles. The first-order valence-corrected chi connectivity index (χ1v) is 10.2. The van der Waals surface area contributed by atoms with Crippen LogP contribution >= 0.6 is 0 Å². The molecule has 3 heterocycles. The van der Waals surface area contributed by atoms with E-state index in [4.69, 9.17) is 9.72 Å². The number of ketones is 1. The Morgan fingerprint density at radius 1 is 1.17 bits per heavy atom.